The van der Waals surface area contributed by atoms with Gasteiger partial charge in [-0.3, -0.25) is 4.79 Å². The molecule has 0 aromatic carbocycles. The van der Waals surface area contributed by atoms with Crippen LogP contribution in [0.5, 0.6) is 0 Å². The van der Waals surface area contributed by atoms with Crippen LogP contribution in [0.4, 0.5) is 0 Å². The Morgan fingerprint density at radius 3 is 2.50 bits per heavy atom. The van der Waals surface area contributed by atoms with Gasteiger partial charge in [0.2, 0.25) is 0 Å². The van der Waals surface area contributed by atoms with Gasteiger partial charge in [0.05, 0.1) is 5.92 Å². The van der Waals surface area contributed by atoms with Gasteiger partial charge in [-0.15, -0.1) is 0 Å². The quantitative estimate of drug-likeness (QED) is 0.654. The number of hydrogen-bond donors (Lipinski definition) is 2. The Kier molecular flexibility index (Phi) is 2.42. The van der Waals surface area contributed by atoms with Crippen LogP contribution in [0.2, 0.25) is 0 Å². The second-order valence-electron chi connectivity index (χ2n) is 4.19. The molecule has 0 bridgehead atoms. The summed E-state index contributed by atoms with van der Waals surface area (Å²) in [7, 11) is 0. The van der Waals surface area contributed by atoms with Crippen molar-refractivity contribution in [1.82, 2.24) is 5.32 Å². The molecule has 1 aliphatic heterocycles. The van der Waals surface area contributed by atoms with E-state index in [1.807, 2.05) is 0 Å². The molecule has 70 valence electrons. The lowest BCUT2D eigenvalue weighted by atomic mass is 9.85. The van der Waals surface area contributed by atoms with Crippen molar-refractivity contribution in [1.29, 1.82) is 0 Å². The molecule has 2 unspecified atom stereocenters. The molecule has 1 saturated heterocycles. The molecule has 0 spiro atoms. The van der Waals surface area contributed by atoms with Crippen LogP contribution in [0.1, 0.15) is 27.2 Å². The predicted octanol–water partition coefficient (Wildman–Crippen LogP) is 1.10. The third-order valence-corrected chi connectivity index (χ3v) is 3.05. The van der Waals surface area contributed by atoms with Crippen molar-refractivity contribution < 1.29 is 9.90 Å². The van der Waals surface area contributed by atoms with E-state index in [0.717, 1.165) is 6.42 Å². The fourth-order valence-electron chi connectivity index (χ4n) is 1.63. The highest BCUT2D eigenvalue weighted by atomic mass is 16.4. The van der Waals surface area contributed by atoms with E-state index in [1.54, 1.807) is 0 Å². The summed E-state index contributed by atoms with van der Waals surface area (Å²) in [6.07, 6.45) is 0.750. The first kappa shape index (κ1) is 9.52. The standard InChI is InChI=1S/C9H17NO2/c1-6(2)9(3)4-7(5-10-9)8(11)12/h6-7,10H,4-5H2,1-3H3,(H,11,12). The molecule has 0 aliphatic carbocycles. The Morgan fingerprint density at radius 2 is 2.25 bits per heavy atom. The number of rotatable bonds is 2. The van der Waals surface area contributed by atoms with Gasteiger partial charge in [0, 0.05) is 12.1 Å². The molecule has 0 radical (unpaired) electrons. The molecular formula is C9H17NO2. The first-order valence-electron chi connectivity index (χ1n) is 4.43. The van der Waals surface area contributed by atoms with E-state index in [9.17, 15) is 4.79 Å². The average Bonchev–Trinajstić information content (AvgIpc) is 2.33. The van der Waals surface area contributed by atoms with Crippen molar-refractivity contribution in [3.8, 4) is 0 Å². The van der Waals surface area contributed by atoms with E-state index >= 15 is 0 Å². The summed E-state index contributed by atoms with van der Waals surface area (Å²) in [6, 6.07) is 0. The van der Waals surface area contributed by atoms with Gasteiger partial charge in [-0.25, -0.2) is 0 Å². The number of nitrogens with one attached hydrogen (secondary N) is 1. The van der Waals surface area contributed by atoms with Crippen LogP contribution < -0.4 is 5.32 Å². The highest BCUT2D eigenvalue weighted by molar-refractivity contribution is 5.71. The lowest BCUT2D eigenvalue weighted by Crippen LogP contribution is -2.41. The van der Waals surface area contributed by atoms with E-state index in [4.69, 9.17) is 5.11 Å². The van der Waals surface area contributed by atoms with Crippen LogP contribution in [-0.4, -0.2) is 23.2 Å². The minimum atomic E-state index is -0.674. The molecule has 3 nitrogen and oxygen atoms in total. The second-order valence-corrected chi connectivity index (χ2v) is 4.19. The number of hydrogen-bond acceptors (Lipinski definition) is 2. The van der Waals surface area contributed by atoms with Crippen LogP contribution in [0, 0.1) is 11.8 Å². The minimum Gasteiger partial charge on any atom is -0.481 e. The van der Waals surface area contributed by atoms with Crippen molar-refractivity contribution in [2.75, 3.05) is 6.54 Å². The average molecular weight is 171 g/mol. The highest BCUT2D eigenvalue weighted by Crippen LogP contribution is 2.30. The van der Waals surface area contributed by atoms with Crippen molar-refractivity contribution in [3.05, 3.63) is 0 Å². The minimum absolute atomic E-state index is 0.0169. The number of carboxylic acids is 1. The lowest BCUT2D eigenvalue weighted by molar-refractivity contribution is -0.141. The fourth-order valence-corrected chi connectivity index (χ4v) is 1.63. The van der Waals surface area contributed by atoms with Crippen LogP contribution in [0.15, 0.2) is 0 Å². The summed E-state index contributed by atoms with van der Waals surface area (Å²) in [5.74, 6) is -0.383. The molecule has 1 aliphatic rings. The van der Waals surface area contributed by atoms with E-state index in [1.165, 1.54) is 0 Å². The van der Waals surface area contributed by atoms with Crippen LogP contribution in [0.3, 0.4) is 0 Å². The highest BCUT2D eigenvalue weighted by Gasteiger charge is 2.39. The molecule has 0 amide bonds. The first-order valence-corrected chi connectivity index (χ1v) is 4.43. The van der Waals surface area contributed by atoms with Crippen LogP contribution in [0.25, 0.3) is 0 Å². The van der Waals surface area contributed by atoms with E-state index in [2.05, 4.69) is 26.1 Å². The maximum atomic E-state index is 10.7. The summed E-state index contributed by atoms with van der Waals surface area (Å²) in [5.41, 5.74) is 0.0169. The summed E-state index contributed by atoms with van der Waals surface area (Å²) >= 11 is 0. The molecular weight excluding hydrogens is 154 g/mol. The maximum absolute atomic E-state index is 10.7. The van der Waals surface area contributed by atoms with Gasteiger partial charge < -0.3 is 10.4 Å². The zero-order valence-electron chi connectivity index (χ0n) is 7.92. The lowest BCUT2D eigenvalue weighted by Gasteiger charge is -2.28. The summed E-state index contributed by atoms with van der Waals surface area (Å²) in [6.45, 7) is 6.96. The molecule has 0 aromatic heterocycles. The SMILES string of the molecule is CC(C)C1(C)CC(C(=O)O)CN1. The maximum Gasteiger partial charge on any atom is 0.307 e. The van der Waals surface area contributed by atoms with Gasteiger partial charge in [-0.1, -0.05) is 13.8 Å². The zero-order valence-corrected chi connectivity index (χ0v) is 7.92. The molecule has 0 saturated carbocycles. The number of aliphatic carboxylic acids is 1. The van der Waals surface area contributed by atoms with Crippen molar-refractivity contribution in [2.24, 2.45) is 11.8 Å². The van der Waals surface area contributed by atoms with Crippen molar-refractivity contribution in [2.45, 2.75) is 32.7 Å². The second kappa shape index (κ2) is 3.05. The Bertz CT molecular complexity index is 191. The van der Waals surface area contributed by atoms with Gasteiger partial charge >= 0.3 is 5.97 Å². The van der Waals surface area contributed by atoms with Gasteiger partial charge in [-0.2, -0.15) is 0 Å². The third kappa shape index (κ3) is 1.61. The molecule has 2 N–H and O–H groups in total. The summed E-state index contributed by atoms with van der Waals surface area (Å²) in [4.78, 5) is 10.7. The summed E-state index contributed by atoms with van der Waals surface area (Å²) < 4.78 is 0. The number of carboxylic acid groups (broad SMARTS) is 1. The van der Waals surface area contributed by atoms with Crippen LogP contribution >= 0.6 is 0 Å². The van der Waals surface area contributed by atoms with Gasteiger partial charge in [0.1, 0.15) is 0 Å². The van der Waals surface area contributed by atoms with Crippen molar-refractivity contribution >= 4 is 5.97 Å². The van der Waals surface area contributed by atoms with Gasteiger partial charge in [0.25, 0.3) is 0 Å². The molecule has 1 heterocycles. The normalized spacial score (nSPS) is 35.8. The smallest absolute Gasteiger partial charge is 0.307 e. The summed E-state index contributed by atoms with van der Waals surface area (Å²) in [5, 5.41) is 12.1. The molecule has 1 fully saturated rings. The Balaban J connectivity index is 2.60. The molecule has 1 rings (SSSR count). The molecule has 12 heavy (non-hydrogen) atoms. The predicted molar refractivity (Wildman–Crippen MR) is 47.0 cm³/mol. The van der Waals surface area contributed by atoms with E-state index < -0.39 is 5.97 Å². The largest absolute Gasteiger partial charge is 0.481 e. The number of carbonyl (C=O) groups is 1. The Morgan fingerprint density at radius 1 is 1.67 bits per heavy atom. The van der Waals surface area contributed by atoms with Gasteiger partial charge in [-0.05, 0) is 19.3 Å². The van der Waals surface area contributed by atoms with Crippen LogP contribution in [-0.2, 0) is 4.79 Å². The fraction of sp³-hybridized carbons (Fsp3) is 0.889. The first-order chi connectivity index (χ1) is 5.46. The Labute approximate surface area is 73.2 Å². The van der Waals surface area contributed by atoms with E-state index in [-0.39, 0.29) is 11.5 Å². The monoisotopic (exact) mass is 171 g/mol. The zero-order chi connectivity index (χ0) is 9.35. The van der Waals surface area contributed by atoms with Gasteiger partial charge in [0.15, 0.2) is 0 Å². The topological polar surface area (TPSA) is 49.3 Å². The molecule has 2 atom stereocenters. The molecule has 0 aromatic rings. The third-order valence-electron chi connectivity index (χ3n) is 3.05. The van der Waals surface area contributed by atoms with E-state index in [0.29, 0.717) is 12.5 Å². The molecule has 3 heteroatoms. The van der Waals surface area contributed by atoms with Crippen molar-refractivity contribution in [3.63, 3.8) is 0 Å². The Hall–Kier alpha value is -0.570.